The third-order valence-electron chi connectivity index (χ3n) is 7.10. The number of pyridine rings is 1. The van der Waals surface area contributed by atoms with Gasteiger partial charge in [-0.2, -0.15) is 0 Å². The number of ether oxygens (including phenoxy) is 1. The molecule has 5 nitrogen and oxygen atoms in total. The normalized spacial score (nSPS) is 11.8. The van der Waals surface area contributed by atoms with Crippen LogP contribution in [-0.2, 0) is 0 Å². The first-order valence-corrected chi connectivity index (χ1v) is 12.8. The molecule has 0 radical (unpaired) electrons. The Hall–Kier alpha value is -5.42. The molecule has 0 amide bonds. The van der Waals surface area contributed by atoms with Crippen LogP contribution >= 0.6 is 0 Å². The lowest BCUT2D eigenvalue weighted by Crippen LogP contribution is -2.01. The molecule has 0 N–H and O–H groups in total. The number of hydrogen-bond acceptors (Lipinski definition) is 5. The molecule has 0 aliphatic carbocycles. The fourth-order valence-corrected chi connectivity index (χ4v) is 5.25. The second-order valence-corrected chi connectivity index (χ2v) is 9.51. The van der Waals surface area contributed by atoms with Crippen LogP contribution in [0.2, 0.25) is 0 Å². The van der Waals surface area contributed by atoms with Crippen LogP contribution in [0.3, 0.4) is 0 Å². The van der Waals surface area contributed by atoms with E-state index in [0.717, 1.165) is 61.1 Å². The average molecular weight is 501 g/mol. The highest BCUT2D eigenvalue weighted by Crippen LogP contribution is 2.47. The van der Waals surface area contributed by atoms with Gasteiger partial charge in [0.15, 0.2) is 17.5 Å². The molecule has 39 heavy (non-hydrogen) atoms. The van der Waals surface area contributed by atoms with Crippen LogP contribution in [0.1, 0.15) is 0 Å². The molecule has 0 saturated carbocycles. The number of para-hydroxylation sites is 1. The minimum absolute atomic E-state index is 0.617. The van der Waals surface area contributed by atoms with E-state index in [1.165, 1.54) is 0 Å². The topological polar surface area (TPSA) is 60.8 Å². The van der Waals surface area contributed by atoms with Crippen molar-refractivity contribution in [3.63, 3.8) is 0 Å². The molecular formula is C34H20N4O. The fourth-order valence-electron chi connectivity index (χ4n) is 5.25. The highest BCUT2D eigenvalue weighted by molar-refractivity contribution is 6.15. The van der Waals surface area contributed by atoms with Gasteiger partial charge in [-0.05, 0) is 41.8 Å². The van der Waals surface area contributed by atoms with Gasteiger partial charge in [-0.1, -0.05) is 84.9 Å². The maximum absolute atomic E-state index is 6.27. The van der Waals surface area contributed by atoms with Gasteiger partial charge in [-0.25, -0.2) is 19.9 Å². The minimum atomic E-state index is 0.617. The van der Waals surface area contributed by atoms with Crippen molar-refractivity contribution in [3.8, 4) is 56.9 Å². The van der Waals surface area contributed by atoms with Crippen LogP contribution in [-0.4, -0.2) is 19.9 Å². The van der Waals surface area contributed by atoms with E-state index >= 15 is 0 Å². The summed E-state index contributed by atoms with van der Waals surface area (Å²) < 4.78 is 6.27. The third-order valence-corrected chi connectivity index (χ3v) is 7.10. The van der Waals surface area contributed by atoms with Gasteiger partial charge in [0.2, 0.25) is 0 Å². The van der Waals surface area contributed by atoms with E-state index in [1.54, 1.807) is 0 Å². The van der Waals surface area contributed by atoms with Gasteiger partial charge in [-0.15, -0.1) is 0 Å². The quantitative estimate of drug-likeness (QED) is 0.228. The molecule has 7 aromatic rings. The highest BCUT2D eigenvalue weighted by atomic mass is 16.5. The number of rotatable bonds is 3. The molecule has 5 aromatic carbocycles. The summed E-state index contributed by atoms with van der Waals surface area (Å²) >= 11 is 0. The summed E-state index contributed by atoms with van der Waals surface area (Å²) in [6.45, 7) is 0. The third kappa shape index (κ3) is 3.55. The molecule has 0 unspecified atom stereocenters. The van der Waals surface area contributed by atoms with E-state index in [2.05, 4.69) is 24.3 Å². The summed E-state index contributed by atoms with van der Waals surface area (Å²) in [5.74, 6) is 3.54. The van der Waals surface area contributed by atoms with Gasteiger partial charge in [0.05, 0.1) is 16.6 Å². The molecule has 0 fully saturated rings. The van der Waals surface area contributed by atoms with Gasteiger partial charge in [0.1, 0.15) is 11.5 Å². The first-order chi connectivity index (χ1) is 19.3. The van der Waals surface area contributed by atoms with Crippen LogP contribution in [0.15, 0.2) is 121 Å². The van der Waals surface area contributed by atoms with Gasteiger partial charge in [-0.3, -0.25) is 0 Å². The Kier molecular flexibility index (Phi) is 4.76. The number of benzene rings is 5. The lowest BCUT2D eigenvalue weighted by molar-refractivity contribution is 0.486. The lowest BCUT2D eigenvalue weighted by atomic mass is 9.96. The predicted molar refractivity (Wildman–Crippen MR) is 154 cm³/mol. The second kappa shape index (κ2) is 8.57. The molecule has 182 valence electrons. The van der Waals surface area contributed by atoms with Crippen LogP contribution in [0.4, 0.5) is 0 Å². The fraction of sp³-hybridized carbons (Fsp3) is 0. The summed E-state index contributed by atoms with van der Waals surface area (Å²) in [6.07, 6.45) is 0. The first kappa shape index (κ1) is 21.6. The van der Waals surface area contributed by atoms with Gasteiger partial charge in [0, 0.05) is 27.6 Å². The molecule has 8 rings (SSSR count). The molecule has 1 aliphatic heterocycles. The molecule has 5 heteroatoms. The zero-order chi connectivity index (χ0) is 25.8. The van der Waals surface area contributed by atoms with Crippen LogP contribution < -0.4 is 4.74 Å². The predicted octanol–water partition coefficient (Wildman–Crippen LogP) is 8.35. The molecule has 0 bridgehead atoms. The van der Waals surface area contributed by atoms with Crippen molar-refractivity contribution in [2.24, 2.45) is 0 Å². The van der Waals surface area contributed by atoms with Crippen molar-refractivity contribution < 1.29 is 4.74 Å². The maximum atomic E-state index is 6.27. The summed E-state index contributed by atoms with van der Waals surface area (Å²) in [5.41, 5.74) is 5.65. The Balaban J connectivity index is 1.36. The van der Waals surface area contributed by atoms with E-state index in [1.807, 2.05) is 97.1 Å². The first-order valence-electron chi connectivity index (χ1n) is 12.8. The van der Waals surface area contributed by atoms with Gasteiger partial charge in [0.25, 0.3) is 0 Å². The van der Waals surface area contributed by atoms with Crippen LogP contribution in [0.5, 0.6) is 11.5 Å². The Morgan fingerprint density at radius 3 is 1.77 bits per heavy atom. The van der Waals surface area contributed by atoms with E-state index in [4.69, 9.17) is 24.7 Å². The van der Waals surface area contributed by atoms with Crippen LogP contribution in [0, 0.1) is 0 Å². The molecule has 2 aromatic heterocycles. The summed E-state index contributed by atoms with van der Waals surface area (Å²) in [6, 6.07) is 40.5. The second-order valence-electron chi connectivity index (χ2n) is 9.51. The average Bonchev–Trinajstić information content (AvgIpc) is 3.01. The molecule has 0 saturated heterocycles. The number of hydrogen-bond donors (Lipinski definition) is 0. The van der Waals surface area contributed by atoms with E-state index < -0.39 is 0 Å². The number of nitrogens with zero attached hydrogens (tertiary/aromatic N) is 4. The Morgan fingerprint density at radius 1 is 0.436 bits per heavy atom. The zero-order valence-electron chi connectivity index (χ0n) is 20.7. The van der Waals surface area contributed by atoms with Crippen molar-refractivity contribution in [1.82, 2.24) is 19.9 Å². The van der Waals surface area contributed by atoms with Crippen molar-refractivity contribution in [1.29, 1.82) is 0 Å². The highest BCUT2D eigenvalue weighted by Gasteiger charge is 2.23. The summed E-state index contributed by atoms with van der Waals surface area (Å²) in [4.78, 5) is 19.8. The lowest BCUT2D eigenvalue weighted by Gasteiger charge is -2.21. The van der Waals surface area contributed by atoms with E-state index in [9.17, 15) is 0 Å². The van der Waals surface area contributed by atoms with Gasteiger partial charge < -0.3 is 4.74 Å². The Morgan fingerprint density at radius 2 is 1.05 bits per heavy atom. The maximum Gasteiger partial charge on any atom is 0.164 e. The van der Waals surface area contributed by atoms with Crippen molar-refractivity contribution in [2.75, 3.05) is 0 Å². The Bertz CT molecular complexity index is 1980. The molecular weight excluding hydrogens is 480 g/mol. The largest absolute Gasteiger partial charge is 0.456 e. The van der Waals surface area contributed by atoms with Crippen LogP contribution in [0.25, 0.3) is 67.1 Å². The Labute approximate surface area is 224 Å². The summed E-state index contributed by atoms with van der Waals surface area (Å²) in [5, 5.41) is 3.13. The molecule has 0 atom stereocenters. The zero-order valence-corrected chi connectivity index (χ0v) is 20.7. The van der Waals surface area contributed by atoms with E-state index in [-0.39, 0.29) is 0 Å². The molecule has 1 aliphatic rings. The van der Waals surface area contributed by atoms with Crippen molar-refractivity contribution in [2.45, 2.75) is 0 Å². The van der Waals surface area contributed by atoms with Crippen molar-refractivity contribution >= 4 is 21.7 Å². The number of fused-ring (bicyclic) bond motifs is 4. The smallest absolute Gasteiger partial charge is 0.164 e. The van der Waals surface area contributed by atoms with E-state index in [0.29, 0.717) is 17.5 Å². The van der Waals surface area contributed by atoms with Gasteiger partial charge >= 0.3 is 0 Å². The minimum Gasteiger partial charge on any atom is -0.456 e. The summed E-state index contributed by atoms with van der Waals surface area (Å²) in [7, 11) is 0. The number of aromatic nitrogens is 4. The monoisotopic (exact) mass is 500 g/mol. The standard InChI is InChI=1S/C34H20N4O/c1-3-10-21(11-4-1)32-36-33(22-12-5-2-6-13-22)38-34(37-32)23-18-19-27-26(20-23)24-15-9-17-29-30(24)31(35-27)25-14-7-8-16-28(25)39-29/h1-20H. The molecule has 0 spiro atoms. The molecule has 3 heterocycles. The van der Waals surface area contributed by atoms with Crippen molar-refractivity contribution in [3.05, 3.63) is 121 Å². The SMILES string of the molecule is c1ccc(-c2nc(-c3ccccc3)nc(-c3ccc4nc5c6c(cccc6c4c3)Oc3ccccc3-5)n2)cc1.